The van der Waals surface area contributed by atoms with Gasteiger partial charge in [-0.05, 0) is 40.5 Å². The fourth-order valence-electron chi connectivity index (χ4n) is 4.15. The monoisotopic (exact) mass is 440 g/mol. The summed E-state index contributed by atoms with van der Waals surface area (Å²) in [5, 5.41) is 38.7. The summed E-state index contributed by atoms with van der Waals surface area (Å²) < 4.78 is 16.9. The second kappa shape index (κ2) is 9.48. The number of aromatic nitrogens is 2. The number of aryl methyl sites for hydroxylation is 1. The third-order valence-corrected chi connectivity index (χ3v) is 6.00. The van der Waals surface area contributed by atoms with Crippen LogP contribution in [0.4, 0.5) is 0 Å². The molecular weight excluding hydrogens is 412 g/mol. The van der Waals surface area contributed by atoms with Gasteiger partial charge in [0.25, 0.3) is 0 Å². The summed E-state index contributed by atoms with van der Waals surface area (Å²) >= 11 is 0. The average molecular weight is 440 g/mol. The minimum Gasteiger partial charge on any atom is -0.421 e. The van der Waals surface area contributed by atoms with Gasteiger partial charge in [0.15, 0.2) is 0 Å². The third-order valence-electron chi connectivity index (χ3n) is 6.00. The fourth-order valence-corrected chi connectivity index (χ4v) is 4.15. The third kappa shape index (κ3) is 4.32. The van der Waals surface area contributed by atoms with Gasteiger partial charge in [-0.15, -0.1) is 10.2 Å². The molecule has 4 rings (SSSR count). The molecule has 2 aromatic carbocycles. The highest BCUT2D eigenvalue weighted by Gasteiger charge is 2.42. The van der Waals surface area contributed by atoms with Gasteiger partial charge in [0, 0.05) is 25.5 Å². The number of hydrogen-bond donors (Lipinski definition) is 3. The van der Waals surface area contributed by atoms with Crippen LogP contribution in [-0.2, 0) is 16.1 Å². The summed E-state index contributed by atoms with van der Waals surface area (Å²) in [4.78, 5) is 0. The fraction of sp³-hybridized carbons (Fsp3) is 0.417. The van der Waals surface area contributed by atoms with Crippen molar-refractivity contribution < 1.29 is 29.2 Å². The van der Waals surface area contributed by atoms with E-state index in [1.165, 1.54) is 0 Å². The number of hydrogen-bond acceptors (Lipinski definition) is 8. The summed E-state index contributed by atoms with van der Waals surface area (Å²) in [6, 6.07) is 13.5. The molecule has 2 heterocycles. The number of aliphatic hydroxyl groups excluding tert-OH is 3. The number of rotatable bonds is 6. The average Bonchev–Trinajstić information content (AvgIpc) is 3.24. The van der Waals surface area contributed by atoms with E-state index in [0.29, 0.717) is 18.4 Å². The van der Waals surface area contributed by atoms with Gasteiger partial charge in [0.1, 0.15) is 12.2 Å². The standard InChI is InChI=1S/C24H28N2O6/c1-13-20(11-27)32-23(22(29)21(13)28)17-6-4-5-15(9-17)16-7-8-19(18(10-16)12-30-3)24-26-25-14(2)31-24/h4-10,13,20-23,27-29H,11-12H2,1-3H3. The molecule has 0 bridgehead atoms. The minimum atomic E-state index is -1.09. The molecule has 0 radical (unpaired) electrons. The summed E-state index contributed by atoms with van der Waals surface area (Å²) in [6.07, 6.45) is -3.36. The maximum absolute atomic E-state index is 10.6. The Morgan fingerprint density at radius 1 is 1.03 bits per heavy atom. The van der Waals surface area contributed by atoms with Crippen molar-refractivity contribution in [3.8, 4) is 22.6 Å². The molecule has 8 nitrogen and oxygen atoms in total. The lowest BCUT2D eigenvalue weighted by Gasteiger charge is -2.41. The molecule has 1 aliphatic rings. The van der Waals surface area contributed by atoms with Crippen LogP contribution in [0.1, 0.15) is 30.0 Å². The van der Waals surface area contributed by atoms with Crippen molar-refractivity contribution in [3.05, 3.63) is 59.5 Å². The molecule has 1 aliphatic heterocycles. The van der Waals surface area contributed by atoms with Crippen molar-refractivity contribution in [1.29, 1.82) is 0 Å². The summed E-state index contributed by atoms with van der Waals surface area (Å²) in [7, 11) is 1.63. The van der Waals surface area contributed by atoms with Gasteiger partial charge in [0.05, 0.1) is 25.4 Å². The Labute approximate surface area is 186 Å². The Morgan fingerprint density at radius 2 is 1.81 bits per heavy atom. The van der Waals surface area contributed by atoms with Crippen molar-refractivity contribution in [1.82, 2.24) is 10.2 Å². The zero-order valence-electron chi connectivity index (χ0n) is 18.3. The quantitative estimate of drug-likeness (QED) is 0.535. The van der Waals surface area contributed by atoms with Crippen molar-refractivity contribution in [2.75, 3.05) is 13.7 Å². The van der Waals surface area contributed by atoms with Crippen LogP contribution in [0.15, 0.2) is 46.9 Å². The first-order valence-electron chi connectivity index (χ1n) is 10.6. The maximum Gasteiger partial charge on any atom is 0.248 e. The second-order valence-electron chi connectivity index (χ2n) is 8.17. The van der Waals surface area contributed by atoms with Crippen molar-refractivity contribution in [2.45, 2.75) is 44.9 Å². The molecule has 0 saturated carbocycles. The van der Waals surface area contributed by atoms with E-state index in [4.69, 9.17) is 13.9 Å². The summed E-state index contributed by atoms with van der Waals surface area (Å²) in [5.74, 6) is 0.558. The zero-order valence-corrected chi connectivity index (χ0v) is 18.3. The lowest BCUT2D eigenvalue weighted by atomic mass is 9.85. The molecule has 0 amide bonds. The molecule has 170 valence electrons. The van der Waals surface area contributed by atoms with Gasteiger partial charge in [-0.2, -0.15) is 0 Å². The summed E-state index contributed by atoms with van der Waals surface area (Å²) in [6.45, 7) is 3.65. The molecule has 0 spiro atoms. The molecule has 5 atom stereocenters. The molecule has 32 heavy (non-hydrogen) atoms. The van der Waals surface area contributed by atoms with Crippen molar-refractivity contribution >= 4 is 0 Å². The van der Waals surface area contributed by atoms with E-state index in [9.17, 15) is 15.3 Å². The van der Waals surface area contributed by atoms with Crippen LogP contribution in [0.2, 0.25) is 0 Å². The van der Waals surface area contributed by atoms with Crippen LogP contribution in [0.25, 0.3) is 22.6 Å². The highest BCUT2D eigenvalue weighted by molar-refractivity contribution is 5.70. The first kappa shape index (κ1) is 22.6. The lowest BCUT2D eigenvalue weighted by Crippen LogP contribution is -2.50. The van der Waals surface area contributed by atoms with Gasteiger partial charge in [0.2, 0.25) is 11.8 Å². The van der Waals surface area contributed by atoms with E-state index < -0.39 is 24.4 Å². The molecule has 3 N–H and O–H groups in total. The molecule has 3 aromatic rings. The number of nitrogens with zero attached hydrogens (tertiary/aromatic N) is 2. The molecular formula is C24H28N2O6. The van der Waals surface area contributed by atoms with Crippen LogP contribution in [0, 0.1) is 12.8 Å². The van der Waals surface area contributed by atoms with Crippen LogP contribution in [0.3, 0.4) is 0 Å². The first-order chi connectivity index (χ1) is 15.4. The van der Waals surface area contributed by atoms with E-state index in [0.717, 1.165) is 27.8 Å². The van der Waals surface area contributed by atoms with Crippen LogP contribution in [-0.4, -0.2) is 57.5 Å². The SMILES string of the molecule is COCc1cc(-c2cccc(C3OC(CO)C(C)C(O)C3O)c2)ccc1-c1nnc(C)o1. The van der Waals surface area contributed by atoms with Crippen molar-refractivity contribution in [2.24, 2.45) is 5.92 Å². The molecule has 1 fully saturated rings. The predicted molar refractivity (Wildman–Crippen MR) is 116 cm³/mol. The normalized spacial score (nSPS) is 25.8. The molecule has 0 aliphatic carbocycles. The Kier molecular flexibility index (Phi) is 6.68. The number of ether oxygens (including phenoxy) is 2. The van der Waals surface area contributed by atoms with Gasteiger partial charge in [-0.25, -0.2) is 0 Å². The van der Waals surface area contributed by atoms with Crippen LogP contribution < -0.4 is 0 Å². The second-order valence-corrected chi connectivity index (χ2v) is 8.17. The Morgan fingerprint density at radius 3 is 2.50 bits per heavy atom. The first-order valence-corrected chi connectivity index (χ1v) is 10.6. The van der Waals surface area contributed by atoms with Gasteiger partial charge in [-0.1, -0.05) is 31.2 Å². The molecule has 1 aromatic heterocycles. The Balaban J connectivity index is 1.68. The highest BCUT2D eigenvalue weighted by Crippen LogP contribution is 2.37. The molecule has 8 heteroatoms. The van der Waals surface area contributed by atoms with Crippen LogP contribution in [0.5, 0.6) is 0 Å². The Bertz CT molecular complexity index is 1070. The number of methoxy groups -OCH3 is 1. The lowest BCUT2D eigenvalue weighted by molar-refractivity contribution is -0.206. The smallest absolute Gasteiger partial charge is 0.248 e. The minimum absolute atomic E-state index is 0.224. The zero-order chi connectivity index (χ0) is 22.8. The topological polar surface area (TPSA) is 118 Å². The highest BCUT2D eigenvalue weighted by atomic mass is 16.5. The number of aliphatic hydroxyl groups is 3. The van der Waals surface area contributed by atoms with E-state index in [-0.39, 0.29) is 12.5 Å². The van der Waals surface area contributed by atoms with Gasteiger partial charge in [-0.3, -0.25) is 0 Å². The summed E-state index contributed by atoms with van der Waals surface area (Å²) in [5.41, 5.74) is 4.29. The van der Waals surface area contributed by atoms with E-state index in [1.54, 1.807) is 21.0 Å². The maximum atomic E-state index is 10.6. The largest absolute Gasteiger partial charge is 0.421 e. The number of benzene rings is 2. The van der Waals surface area contributed by atoms with E-state index in [1.807, 2.05) is 42.5 Å². The van der Waals surface area contributed by atoms with Gasteiger partial charge < -0.3 is 29.2 Å². The van der Waals surface area contributed by atoms with Gasteiger partial charge >= 0.3 is 0 Å². The van der Waals surface area contributed by atoms with E-state index in [2.05, 4.69) is 10.2 Å². The predicted octanol–water partition coefficient (Wildman–Crippen LogP) is 2.65. The Hall–Kier alpha value is -2.62. The van der Waals surface area contributed by atoms with E-state index >= 15 is 0 Å². The van der Waals surface area contributed by atoms with Crippen LogP contribution >= 0.6 is 0 Å². The van der Waals surface area contributed by atoms with Crippen molar-refractivity contribution in [3.63, 3.8) is 0 Å². The molecule has 1 saturated heterocycles. The molecule has 5 unspecified atom stereocenters.